The molecule has 0 atom stereocenters. The van der Waals surface area contributed by atoms with Crippen molar-refractivity contribution in [3.8, 4) is 0 Å². The normalized spacial score (nSPS) is 10.9. The number of hydrogen-bond acceptors (Lipinski definition) is 7. The molecule has 23 heavy (non-hydrogen) atoms. The predicted octanol–water partition coefficient (Wildman–Crippen LogP) is 0.578. The summed E-state index contributed by atoms with van der Waals surface area (Å²) in [6, 6.07) is 6.05. The molecule has 1 rings (SSSR count). The number of carbonyl (C=O) groups excluding carboxylic acids is 1. The maximum absolute atomic E-state index is 11.2. The van der Waals surface area contributed by atoms with Gasteiger partial charge in [-0.3, -0.25) is 0 Å². The number of nitrogen functional groups attached to an aromatic ring is 1. The third-order valence-electron chi connectivity index (χ3n) is 2.81. The number of para-hydroxylation sites is 1. The van der Waals surface area contributed by atoms with Gasteiger partial charge in [-0.2, -0.15) is 8.42 Å². The summed E-state index contributed by atoms with van der Waals surface area (Å²) >= 11 is 0. The second kappa shape index (κ2) is 10.2. The third kappa shape index (κ3) is 7.42. The zero-order valence-corrected chi connectivity index (χ0v) is 14.6. The van der Waals surface area contributed by atoms with Crippen LogP contribution in [-0.4, -0.2) is 50.8 Å². The van der Waals surface area contributed by atoms with Gasteiger partial charge in [0.25, 0.3) is 0 Å². The van der Waals surface area contributed by atoms with Crippen LogP contribution in [0.25, 0.3) is 0 Å². The number of carbonyl (C=O) groups is 1. The van der Waals surface area contributed by atoms with E-state index in [-0.39, 0.29) is 13.3 Å². The third-order valence-corrected chi connectivity index (χ3v) is 4.20. The summed E-state index contributed by atoms with van der Waals surface area (Å²) in [7, 11) is -2.84. The zero-order valence-electron chi connectivity index (χ0n) is 13.8. The molecule has 0 aliphatic heterocycles. The van der Waals surface area contributed by atoms with Crippen molar-refractivity contribution in [2.75, 3.05) is 32.7 Å². The van der Waals surface area contributed by atoms with Gasteiger partial charge in [0.1, 0.15) is 13.3 Å². The lowest BCUT2D eigenvalue weighted by molar-refractivity contribution is -0.137. The lowest BCUT2D eigenvalue weighted by atomic mass is 10.1. The van der Waals surface area contributed by atoms with E-state index in [2.05, 4.69) is 8.92 Å². The Kier molecular flexibility index (Phi) is 9.42. The van der Waals surface area contributed by atoms with Crippen molar-refractivity contribution >= 4 is 22.0 Å². The van der Waals surface area contributed by atoms with Crippen molar-refractivity contribution in [1.82, 2.24) is 4.31 Å². The summed E-state index contributed by atoms with van der Waals surface area (Å²) in [5, 5.41) is 8.29. The summed E-state index contributed by atoms with van der Waals surface area (Å²) in [4.78, 5) is 10.5. The molecule has 0 radical (unpaired) electrons. The predicted molar refractivity (Wildman–Crippen MR) is 86.7 cm³/mol. The van der Waals surface area contributed by atoms with E-state index in [1.54, 1.807) is 6.92 Å². The van der Waals surface area contributed by atoms with Crippen LogP contribution in [0.5, 0.6) is 0 Å². The molecular weight excluding hydrogens is 324 g/mol. The number of benzene rings is 1. The van der Waals surface area contributed by atoms with Crippen LogP contribution in [0.4, 0.5) is 5.69 Å². The molecule has 132 valence electrons. The summed E-state index contributed by atoms with van der Waals surface area (Å²) in [5.41, 5.74) is 8.92. The first-order valence-electron chi connectivity index (χ1n) is 6.83. The van der Waals surface area contributed by atoms with E-state index in [1.807, 2.05) is 32.0 Å². The molecule has 0 bridgehead atoms. The van der Waals surface area contributed by atoms with Crippen LogP contribution in [0.1, 0.15) is 18.1 Å². The SMILES string of the molecule is CCN(COC)S(=O)(=O)OC(=O)CO.Cc1cccc(C)c1N. The number of anilines is 1. The fourth-order valence-electron chi connectivity index (χ4n) is 1.48. The highest BCUT2D eigenvalue weighted by Gasteiger charge is 2.24. The van der Waals surface area contributed by atoms with Gasteiger partial charge in [-0.1, -0.05) is 25.1 Å². The Morgan fingerprint density at radius 2 is 1.83 bits per heavy atom. The molecular formula is C14H24N2O6S. The van der Waals surface area contributed by atoms with Gasteiger partial charge in [0.05, 0.1) is 0 Å². The Morgan fingerprint density at radius 1 is 1.30 bits per heavy atom. The first-order valence-corrected chi connectivity index (χ1v) is 8.19. The van der Waals surface area contributed by atoms with Gasteiger partial charge >= 0.3 is 16.3 Å². The molecule has 0 amide bonds. The number of rotatable bonds is 6. The monoisotopic (exact) mass is 348 g/mol. The first kappa shape index (κ1) is 21.3. The number of aliphatic hydroxyl groups is 1. The first-order chi connectivity index (χ1) is 10.7. The van der Waals surface area contributed by atoms with Crippen LogP contribution >= 0.6 is 0 Å². The topological polar surface area (TPSA) is 119 Å². The molecule has 0 heterocycles. The quantitative estimate of drug-likeness (QED) is 0.570. The van der Waals surface area contributed by atoms with Crippen LogP contribution in [0.3, 0.4) is 0 Å². The maximum atomic E-state index is 11.2. The molecule has 0 spiro atoms. The van der Waals surface area contributed by atoms with Gasteiger partial charge in [-0.15, -0.1) is 4.31 Å². The van der Waals surface area contributed by atoms with Gasteiger partial charge in [0, 0.05) is 19.3 Å². The molecule has 8 nitrogen and oxygen atoms in total. The van der Waals surface area contributed by atoms with E-state index in [1.165, 1.54) is 7.11 Å². The van der Waals surface area contributed by atoms with E-state index in [0.29, 0.717) is 0 Å². The number of ether oxygens (including phenoxy) is 1. The lowest BCUT2D eigenvalue weighted by Crippen LogP contribution is -2.35. The number of aryl methyl sites for hydroxylation is 2. The van der Waals surface area contributed by atoms with Gasteiger partial charge in [0.15, 0.2) is 0 Å². The molecule has 0 aliphatic rings. The lowest BCUT2D eigenvalue weighted by Gasteiger charge is -2.17. The fourth-order valence-corrected chi connectivity index (χ4v) is 2.43. The van der Waals surface area contributed by atoms with Crippen LogP contribution in [-0.2, 0) is 24.0 Å². The number of aliphatic hydroxyl groups excluding tert-OH is 1. The molecule has 1 aromatic carbocycles. The Morgan fingerprint density at radius 3 is 2.17 bits per heavy atom. The number of methoxy groups -OCH3 is 1. The Balaban J connectivity index is 0.000000459. The molecule has 3 N–H and O–H groups in total. The number of nitrogens with zero attached hydrogens (tertiary/aromatic N) is 1. The molecule has 0 aromatic heterocycles. The fraction of sp³-hybridized carbons (Fsp3) is 0.500. The smallest absolute Gasteiger partial charge is 0.389 e. The van der Waals surface area contributed by atoms with Crippen LogP contribution < -0.4 is 5.73 Å². The molecule has 1 aromatic rings. The van der Waals surface area contributed by atoms with Crippen LogP contribution in [0.2, 0.25) is 0 Å². The molecule has 0 saturated carbocycles. The summed E-state index contributed by atoms with van der Waals surface area (Å²) in [6.07, 6.45) is 0. The van der Waals surface area contributed by atoms with Crippen molar-refractivity contribution in [3.05, 3.63) is 29.3 Å². The summed E-state index contributed by atoms with van der Waals surface area (Å²) < 4.78 is 31.8. The highest BCUT2D eigenvalue weighted by Crippen LogP contribution is 2.13. The van der Waals surface area contributed by atoms with E-state index in [0.717, 1.165) is 21.1 Å². The molecule has 0 fully saturated rings. The van der Waals surface area contributed by atoms with Gasteiger partial charge in [0.2, 0.25) is 0 Å². The number of hydrogen-bond donors (Lipinski definition) is 2. The number of nitrogens with two attached hydrogens (primary N) is 1. The van der Waals surface area contributed by atoms with E-state index in [4.69, 9.17) is 10.8 Å². The molecule has 0 unspecified atom stereocenters. The minimum Gasteiger partial charge on any atom is -0.398 e. The highest BCUT2D eigenvalue weighted by molar-refractivity contribution is 7.84. The minimum atomic E-state index is -4.15. The molecule has 9 heteroatoms. The Bertz CT molecular complexity index is 583. The van der Waals surface area contributed by atoms with E-state index < -0.39 is 22.9 Å². The zero-order chi connectivity index (χ0) is 18.0. The second-order valence-electron chi connectivity index (χ2n) is 4.56. The molecule has 0 saturated heterocycles. The Labute approximate surface area is 137 Å². The van der Waals surface area contributed by atoms with Gasteiger partial charge in [-0.25, -0.2) is 4.79 Å². The largest absolute Gasteiger partial charge is 0.398 e. The van der Waals surface area contributed by atoms with Crippen LogP contribution in [0.15, 0.2) is 18.2 Å². The van der Waals surface area contributed by atoms with E-state index >= 15 is 0 Å². The van der Waals surface area contributed by atoms with E-state index in [9.17, 15) is 13.2 Å². The van der Waals surface area contributed by atoms with Crippen LogP contribution in [0, 0.1) is 13.8 Å². The minimum absolute atomic E-state index is 0.106. The summed E-state index contributed by atoms with van der Waals surface area (Å²) in [5.74, 6) is -1.22. The highest BCUT2D eigenvalue weighted by atomic mass is 32.2. The maximum Gasteiger partial charge on any atom is 0.389 e. The van der Waals surface area contributed by atoms with Crippen molar-refractivity contribution in [2.45, 2.75) is 20.8 Å². The second-order valence-corrected chi connectivity index (χ2v) is 6.10. The van der Waals surface area contributed by atoms with Gasteiger partial charge < -0.3 is 19.8 Å². The standard InChI is InChI=1S/C8H11N.C6H13NO6S/c1-6-4-3-5-7(2)8(6)9;1-3-7(5-12-2)14(10,11)13-6(9)4-8/h3-5H,9H2,1-2H3;8H,3-5H2,1-2H3. The molecule has 0 aliphatic carbocycles. The average molecular weight is 348 g/mol. The van der Waals surface area contributed by atoms with Crippen molar-refractivity contribution in [1.29, 1.82) is 0 Å². The Hall–Kier alpha value is -1.68. The van der Waals surface area contributed by atoms with Crippen molar-refractivity contribution < 1.29 is 27.2 Å². The average Bonchev–Trinajstić information content (AvgIpc) is 2.50. The summed E-state index contributed by atoms with van der Waals surface area (Å²) in [6.45, 7) is 4.50. The van der Waals surface area contributed by atoms with Gasteiger partial charge in [-0.05, 0) is 25.0 Å². The van der Waals surface area contributed by atoms with Crippen molar-refractivity contribution in [3.63, 3.8) is 0 Å². The van der Waals surface area contributed by atoms with Crippen molar-refractivity contribution in [2.24, 2.45) is 0 Å².